The average molecular weight is 293 g/mol. The quantitative estimate of drug-likeness (QED) is 0.696. The second-order valence-electron chi connectivity index (χ2n) is 5.20. The van der Waals surface area contributed by atoms with Crippen LogP contribution in [0.2, 0.25) is 0 Å². The van der Waals surface area contributed by atoms with Gasteiger partial charge in [0.25, 0.3) is 0 Å². The summed E-state index contributed by atoms with van der Waals surface area (Å²) in [6, 6.07) is 8.60. The monoisotopic (exact) mass is 293 g/mol. The van der Waals surface area contributed by atoms with Crippen molar-refractivity contribution in [2.24, 2.45) is 0 Å². The van der Waals surface area contributed by atoms with Crippen molar-refractivity contribution in [3.05, 3.63) is 29.8 Å². The molecule has 0 aromatic heterocycles. The zero-order valence-corrected chi connectivity index (χ0v) is 14.2. The summed E-state index contributed by atoms with van der Waals surface area (Å²) in [5.41, 5.74) is 1.11. The number of nitrogens with one attached hydrogen (secondary N) is 1. The van der Waals surface area contributed by atoms with Gasteiger partial charge in [-0.1, -0.05) is 32.9 Å². The maximum Gasteiger partial charge on any atom is 0.119 e. The van der Waals surface area contributed by atoms with E-state index in [1.165, 1.54) is 5.56 Å². The summed E-state index contributed by atoms with van der Waals surface area (Å²) >= 11 is 0. The highest BCUT2D eigenvalue weighted by Crippen LogP contribution is 2.36. The van der Waals surface area contributed by atoms with Crippen molar-refractivity contribution < 1.29 is 9.47 Å². The Labute approximate surface area is 130 Å². The lowest BCUT2D eigenvalue weighted by molar-refractivity contribution is -0.0730. The van der Waals surface area contributed by atoms with Gasteiger partial charge in [-0.3, -0.25) is 0 Å². The Morgan fingerprint density at radius 2 is 1.57 bits per heavy atom. The molecule has 1 N–H and O–H groups in total. The fourth-order valence-corrected chi connectivity index (χ4v) is 2.97. The van der Waals surface area contributed by atoms with Gasteiger partial charge in [-0.15, -0.1) is 0 Å². The van der Waals surface area contributed by atoms with Crippen LogP contribution in [0.25, 0.3) is 0 Å². The van der Waals surface area contributed by atoms with E-state index in [9.17, 15) is 0 Å². The summed E-state index contributed by atoms with van der Waals surface area (Å²) in [7, 11) is 0. The molecule has 0 radical (unpaired) electrons. The molecule has 21 heavy (non-hydrogen) atoms. The van der Waals surface area contributed by atoms with Gasteiger partial charge in [-0.05, 0) is 50.9 Å². The van der Waals surface area contributed by atoms with E-state index in [0.717, 1.165) is 31.7 Å². The molecule has 0 fully saturated rings. The second kappa shape index (κ2) is 9.06. The first-order valence-electron chi connectivity index (χ1n) is 8.27. The Kier molecular flexibility index (Phi) is 7.76. The maximum atomic E-state index is 6.18. The Morgan fingerprint density at radius 1 is 0.952 bits per heavy atom. The van der Waals surface area contributed by atoms with Crippen LogP contribution in [0.1, 0.15) is 59.1 Å². The summed E-state index contributed by atoms with van der Waals surface area (Å²) in [4.78, 5) is 0. The molecular weight excluding hydrogens is 262 g/mol. The number of benzene rings is 1. The van der Waals surface area contributed by atoms with Crippen LogP contribution in [0.5, 0.6) is 5.75 Å². The molecule has 3 nitrogen and oxygen atoms in total. The smallest absolute Gasteiger partial charge is 0.119 e. The highest BCUT2D eigenvalue weighted by atomic mass is 16.5. The van der Waals surface area contributed by atoms with E-state index >= 15 is 0 Å². The van der Waals surface area contributed by atoms with Gasteiger partial charge in [0.15, 0.2) is 0 Å². The summed E-state index contributed by atoms with van der Waals surface area (Å²) in [5, 5.41) is 3.61. The topological polar surface area (TPSA) is 30.5 Å². The predicted octanol–water partition coefficient (Wildman–Crippen LogP) is 4.33. The molecule has 0 saturated carbocycles. The van der Waals surface area contributed by atoms with Gasteiger partial charge < -0.3 is 14.8 Å². The van der Waals surface area contributed by atoms with Gasteiger partial charge in [0.2, 0.25) is 0 Å². The van der Waals surface area contributed by atoms with Crippen molar-refractivity contribution in [2.75, 3.05) is 19.8 Å². The minimum absolute atomic E-state index is 0.155. The van der Waals surface area contributed by atoms with E-state index < -0.39 is 0 Å². The van der Waals surface area contributed by atoms with Crippen molar-refractivity contribution in [2.45, 2.75) is 59.1 Å². The number of hydrogen-bond acceptors (Lipinski definition) is 3. The Hall–Kier alpha value is -1.06. The molecule has 0 aliphatic carbocycles. The molecule has 0 amide bonds. The number of hydrogen-bond donors (Lipinski definition) is 1. The third-order valence-corrected chi connectivity index (χ3v) is 4.09. The number of rotatable bonds is 10. The fraction of sp³-hybridized carbons (Fsp3) is 0.667. The SMILES string of the molecule is CCNC(c1ccc(OCC)cc1)C(CC)(CC)OCC. The minimum atomic E-state index is -0.155. The molecule has 1 unspecified atom stereocenters. The Balaban J connectivity index is 3.08. The summed E-state index contributed by atoms with van der Waals surface area (Å²) in [6.07, 6.45) is 1.98. The van der Waals surface area contributed by atoms with E-state index in [-0.39, 0.29) is 11.6 Å². The van der Waals surface area contributed by atoms with Crippen molar-refractivity contribution in [1.82, 2.24) is 5.32 Å². The van der Waals surface area contributed by atoms with Gasteiger partial charge in [-0.2, -0.15) is 0 Å². The van der Waals surface area contributed by atoms with Gasteiger partial charge in [0.05, 0.1) is 18.2 Å². The molecule has 3 heteroatoms. The molecule has 1 aromatic rings. The lowest BCUT2D eigenvalue weighted by Crippen LogP contribution is -2.45. The zero-order valence-electron chi connectivity index (χ0n) is 14.2. The van der Waals surface area contributed by atoms with Gasteiger partial charge in [-0.25, -0.2) is 0 Å². The van der Waals surface area contributed by atoms with Crippen LogP contribution >= 0.6 is 0 Å². The number of likely N-dealkylation sites (N-methyl/N-ethyl adjacent to an activating group) is 1. The highest BCUT2D eigenvalue weighted by molar-refractivity contribution is 5.31. The first-order valence-corrected chi connectivity index (χ1v) is 8.27. The van der Waals surface area contributed by atoms with Crippen LogP contribution in [0.3, 0.4) is 0 Å². The molecule has 0 aliphatic rings. The normalized spacial score (nSPS) is 13.2. The molecule has 1 rings (SSSR count). The standard InChI is InChI=1S/C18H31NO2/c1-6-18(7-2,21-10-5)17(19-8-3)15-11-13-16(14-12-15)20-9-4/h11-14,17,19H,6-10H2,1-5H3. The minimum Gasteiger partial charge on any atom is -0.494 e. The summed E-state index contributed by atoms with van der Waals surface area (Å²) in [6.45, 7) is 13.0. The molecule has 0 saturated heterocycles. The second-order valence-corrected chi connectivity index (χ2v) is 5.20. The van der Waals surface area contributed by atoms with Crippen molar-refractivity contribution in [3.8, 4) is 5.75 Å². The number of ether oxygens (including phenoxy) is 2. The lowest BCUT2D eigenvalue weighted by atomic mass is 9.83. The molecule has 120 valence electrons. The third-order valence-electron chi connectivity index (χ3n) is 4.09. The lowest BCUT2D eigenvalue weighted by Gasteiger charge is -2.40. The van der Waals surface area contributed by atoms with Crippen LogP contribution in [-0.2, 0) is 4.74 Å². The van der Waals surface area contributed by atoms with Crippen molar-refractivity contribution >= 4 is 0 Å². The van der Waals surface area contributed by atoms with E-state index in [1.807, 2.05) is 19.1 Å². The van der Waals surface area contributed by atoms with Gasteiger partial charge in [0.1, 0.15) is 5.75 Å². The zero-order chi connectivity index (χ0) is 15.7. The summed E-state index contributed by atoms with van der Waals surface area (Å²) < 4.78 is 11.7. The molecule has 1 aromatic carbocycles. The predicted molar refractivity (Wildman–Crippen MR) is 89.0 cm³/mol. The van der Waals surface area contributed by atoms with Crippen LogP contribution in [0.15, 0.2) is 24.3 Å². The average Bonchev–Trinajstić information content (AvgIpc) is 2.52. The Morgan fingerprint density at radius 3 is 2.00 bits per heavy atom. The highest BCUT2D eigenvalue weighted by Gasteiger charge is 2.37. The van der Waals surface area contributed by atoms with Crippen LogP contribution in [-0.4, -0.2) is 25.4 Å². The van der Waals surface area contributed by atoms with Crippen molar-refractivity contribution in [3.63, 3.8) is 0 Å². The fourth-order valence-electron chi connectivity index (χ4n) is 2.97. The largest absolute Gasteiger partial charge is 0.494 e. The first kappa shape index (κ1) is 18.0. The molecular formula is C18H31NO2. The first-order chi connectivity index (χ1) is 10.2. The van der Waals surface area contributed by atoms with Crippen LogP contribution in [0, 0.1) is 0 Å². The maximum absolute atomic E-state index is 6.18. The summed E-state index contributed by atoms with van der Waals surface area (Å²) in [5.74, 6) is 0.923. The molecule has 1 atom stereocenters. The molecule has 0 heterocycles. The van der Waals surface area contributed by atoms with E-state index in [4.69, 9.17) is 9.47 Å². The van der Waals surface area contributed by atoms with Gasteiger partial charge >= 0.3 is 0 Å². The van der Waals surface area contributed by atoms with E-state index in [1.54, 1.807) is 0 Å². The van der Waals surface area contributed by atoms with Gasteiger partial charge in [0, 0.05) is 6.61 Å². The molecule has 0 bridgehead atoms. The third kappa shape index (κ3) is 4.45. The molecule has 0 aliphatic heterocycles. The van der Waals surface area contributed by atoms with Crippen molar-refractivity contribution in [1.29, 1.82) is 0 Å². The van der Waals surface area contributed by atoms with E-state index in [0.29, 0.717) is 6.61 Å². The van der Waals surface area contributed by atoms with E-state index in [2.05, 4.69) is 45.1 Å². The Bertz CT molecular complexity index is 385. The molecule has 0 spiro atoms. The van der Waals surface area contributed by atoms with Crippen LogP contribution in [0.4, 0.5) is 0 Å². The van der Waals surface area contributed by atoms with Crippen LogP contribution < -0.4 is 10.1 Å².